The molecular weight excluding hydrogens is 502 g/mol. The molecule has 0 spiro atoms. The summed E-state index contributed by atoms with van der Waals surface area (Å²) in [4.78, 5) is 59.1. The van der Waals surface area contributed by atoms with Crippen molar-refractivity contribution in [1.29, 1.82) is 0 Å². The van der Waals surface area contributed by atoms with Crippen LogP contribution in [-0.2, 0) is 42.5 Å². The van der Waals surface area contributed by atoms with Gasteiger partial charge in [-0.3, -0.25) is 23.4 Å². The number of hydrogen-bond acceptors (Lipinski definition) is 9. The van der Waals surface area contributed by atoms with Crippen LogP contribution in [0.2, 0.25) is 0 Å². The van der Waals surface area contributed by atoms with Crippen molar-refractivity contribution in [3.05, 3.63) is 82.0 Å². The molecule has 36 heavy (non-hydrogen) atoms. The normalized spacial score (nSPS) is 17.2. The molecule has 10 nitrogen and oxygen atoms in total. The second-order valence-electron chi connectivity index (χ2n) is 9.01. The summed E-state index contributed by atoms with van der Waals surface area (Å²) in [6.07, 6.45) is 1.28. The summed E-state index contributed by atoms with van der Waals surface area (Å²) in [5.41, 5.74) is 8.37. The largest absolute Gasteiger partial charge is 0.394 e. The van der Waals surface area contributed by atoms with Crippen molar-refractivity contribution in [2.45, 2.75) is 31.7 Å². The Bertz CT molecular complexity index is 1730. The molecule has 0 saturated heterocycles. The second-order valence-corrected chi connectivity index (χ2v) is 11.7. The molecule has 4 N–H and O–H groups in total. The lowest BCUT2D eigenvalue weighted by Crippen LogP contribution is -2.44. The van der Waals surface area contributed by atoms with Crippen LogP contribution in [0.5, 0.6) is 0 Å². The molecule has 2 aromatic heterocycles. The molecule has 0 radical (unpaired) electrons. The van der Waals surface area contributed by atoms with E-state index in [1.165, 1.54) is 11.3 Å². The first kappa shape index (κ1) is 22.8. The second kappa shape index (κ2) is 8.49. The van der Waals surface area contributed by atoms with Crippen molar-refractivity contribution in [2.75, 3.05) is 22.9 Å². The highest BCUT2D eigenvalue weighted by Crippen LogP contribution is 2.32. The SMILES string of the molecule is Nc1c(N2CCc3ccc(CNC(=O)c4nc5sc6c(c5c(=O)[nH]4)CCS(=O)C6)cc3C2)c(=O)c1=O. The van der Waals surface area contributed by atoms with Crippen molar-refractivity contribution in [3.8, 4) is 0 Å². The first-order valence-electron chi connectivity index (χ1n) is 11.4. The van der Waals surface area contributed by atoms with Gasteiger partial charge in [-0.25, -0.2) is 4.98 Å². The number of fused-ring (bicyclic) bond motifs is 4. The van der Waals surface area contributed by atoms with Gasteiger partial charge in [0.1, 0.15) is 16.2 Å². The van der Waals surface area contributed by atoms with Gasteiger partial charge in [-0.15, -0.1) is 11.3 Å². The average molecular weight is 524 g/mol. The van der Waals surface area contributed by atoms with Gasteiger partial charge in [0.15, 0.2) is 0 Å². The molecule has 1 unspecified atom stereocenters. The Morgan fingerprint density at radius 2 is 2.03 bits per heavy atom. The summed E-state index contributed by atoms with van der Waals surface area (Å²) in [7, 11) is -0.934. The minimum Gasteiger partial charge on any atom is -0.394 e. The Balaban J connectivity index is 1.19. The first-order chi connectivity index (χ1) is 17.3. The van der Waals surface area contributed by atoms with Gasteiger partial charge in [0, 0.05) is 41.1 Å². The van der Waals surface area contributed by atoms with Crippen LogP contribution >= 0.6 is 11.3 Å². The summed E-state index contributed by atoms with van der Waals surface area (Å²) >= 11 is 1.32. The van der Waals surface area contributed by atoms with Crippen LogP contribution in [0.3, 0.4) is 0 Å². The van der Waals surface area contributed by atoms with E-state index in [2.05, 4.69) is 15.3 Å². The summed E-state index contributed by atoms with van der Waals surface area (Å²) < 4.78 is 11.9. The average Bonchev–Trinajstić information content (AvgIpc) is 3.24. The number of H-pyrrole nitrogens is 1. The Morgan fingerprint density at radius 1 is 1.19 bits per heavy atom. The zero-order chi connectivity index (χ0) is 25.1. The maximum absolute atomic E-state index is 12.8. The number of carbonyl (C=O) groups excluding carboxylic acids is 1. The fraction of sp³-hybridized carbons (Fsp3) is 0.292. The summed E-state index contributed by atoms with van der Waals surface area (Å²) in [6.45, 7) is 1.27. The lowest BCUT2D eigenvalue weighted by molar-refractivity contribution is 0.0940. The molecular formula is C24H21N5O5S2. The number of aromatic nitrogens is 2. The highest BCUT2D eigenvalue weighted by Gasteiger charge is 2.27. The van der Waals surface area contributed by atoms with Gasteiger partial charge in [0.2, 0.25) is 5.82 Å². The van der Waals surface area contributed by atoms with Crippen LogP contribution in [-0.4, -0.2) is 32.4 Å². The topological polar surface area (TPSA) is 155 Å². The van der Waals surface area contributed by atoms with E-state index in [1.54, 1.807) is 0 Å². The number of nitrogens with one attached hydrogen (secondary N) is 2. The van der Waals surface area contributed by atoms with Crippen LogP contribution in [0.1, 0.15) is 37.7 Å². The van der Waals surface area contributed by atoms with Gasteiger partial charge in [-0.2, -0.15) is 0 Å². The summed E-state index contributed by atoms with van der Waals surface area (Å²) in [5, 5.41) is 3.29. The molecule has 0 saturated carbocycles. The van der Waals surface area contributed by atoms with Crippen molar-refractivity contribution in [3.63, 3.8) is 0 Å². The predicted octanol–water partition coefficient (Wildman–Crippen LogP) is 0.460. The minimum atomic E-state index is -0.934. The number of aryl methyl sites for hydroxylation is 1. The van der Waals surface area contributed by atoms with Gasteiger partial charge in [0.05, 0.1) is 11.1 Å². The number of rotatable bonds is 4. The number of benzene rings is 1. The molecule has 184 valence electrons. The van der Waals surface area contributed by atoms with Crippen LogP contribution in [0.4, 0.5) is 11.4 Å². The quantitative estimate of drug-likeness (QED) is 0.326. The minimum absolute atomic E-state index is 0.0187. The number of hydrogen-bond donors (Lipinski definition) is 3. The van der Waals surface area contributed by atoms with Crippen LogP contribution < -0.4 is 32.4 Å². The highest BCUT2D eigenvalue weighted by atomic mass is 32.2. The van der Waals surface area contributed by atoms with Gasteiger partial charge in [-0.05, 0) is 35.1 Å². The van der Waals surface area contributed by atoms with Crippen molar-refractivity contribution < 1.29 is 9.00 Å². The summed E-state index contributed by atoms with van der Waals surface area (Å²) in [6, 6.07) is 5.87. The number of nitrogens with zero attached hydrogens (tertiary/aromatic N) is 2. The van der Waals surface area contributed by atoms with E-state index < -0.39 is 27.6 Å². The van der Waals surface area contributed by atoms with Crippen LogP contribution in [0, 0.1) is 0 Å². The molecule has 0 bridgehead atoms. The fourth-order valence-electron chi connectivity index (χ4n) is 4.92. The Kier molecular flexibility index (Phi) is 5.38. The number of nitrogens with two attached hydrogens (primary N) is 1. The third-order valence-electron chi connectivity index (χ3n) is 6.80. The first-order valence-corrected chi connectivity index (χ1v) is 13.7. The highest BCUT2D eigenvalue weighted by molar-refractivity contribution is 7.84. The molecule has 6 rings (SSSR count). The maximum Gasteiger partial charge on any atom is 0.287 e. The molecule has 1 amide bonds. The molecule has 4 aromatic rings. The Hall–Kier alpha value is -3.64. The molecule has 2 aliphatic heterocycles. The van der Waals surface area contributed by atoms with Gasteiger partial charge < -0.3 is 20.9 Å². The van der Waals surface area contributed by atoms with E-state index in [9.17, 15) is 23.4 Å². The van der Waals surface area contributed by atoms with Crippen LogP contribution in [0.15, 0.2) is 32.6 Å². The standard InChI is InChI=1S/C24H21N5O5S2/c25-17-18(20(31)19(17)30)29-5-3-12-2-1-11(7-13(12)9-29)8-26-23(33)21-27-22(32)16-14-4-6-36(34)10-15(14)35-24(16)28-21/h1-2,7H,3-6,8-10,25H2,(H,26,33)(H,27,28,32). The lowest BCUT2D eigenvalue weighted by Gasteiger charge is -2.32. The number of thiophene rings is 1. The molecule has 0 aliphatic carbocycles. The van der Waals surface area contributed by atoms with Crippen LogP contribution in [0.25, 0.3) is 10.2 Å². The molecule has 12 heteroatoms. The van der Waals surface area contributed by atoms with Gasteiger partial charge in [0.25, 0.3) is 22.3 Å². The van der Waals surface area contributed by atoms with Crippen molar-refractivity contribution in [1.82, 2.24) is 15.3 Å². The third-order valence-corrected chi connectivity index (χ3v) is 9.38. The summed E-state index contributed by atoms with van der Waals surface area (Å²) in [5.74, 6) is 0.381. The third kappa shape index (κ3) is 3.68. The Morgan fingerprint density at radius 3 is 2.83 bits per heavy atom. The number of anilines is 2. The van der Waals surface area contributed by atoms with E-state index in [-0.39, 0.29) is 29.3 Å². The smallest absolute Gasteiger partial charge is 0.287 e. The maximum atomic E-state index is 12.8. The number of carbonyl (C=O) groups is 1. The zero-order valence-corrected chi connectivity index (χ0v) is 20.6. The van der Waals surface area contributed by atoms with E-state index in [4.69, 9.17) is 5.73 Å². The van der Waals surface area contributed by atoms with Crippen molar-refractivity contribution >= 4 is 49.6 Å². The monoisotopic (exact) mass is 523 g/mol. The van der Waals surface area contributed by atoms with E-state index in [0.717, 1.165) is 27.1 Å². The van der Waals surface area contributed by atoms with E-state index in [1.807, 2.05) is 23.1 Å². The molecule has 2 aliphatic rings. The number of aromatic amines is 1. The van der Waals surface area contributed by atoms with Gasteiger partial charge >= 0.3 is 0 Å². The van der Waals surface area contributed by atoms with E-state index >= 15 is 0 Å². The molecule has 1 atom stereocenters. The predicted molar refractivity (Wildman–Crippen MR) is 139 cm³/mol. The zero-order valence-electron chi connectivity index (χ0n) is 19.0. The fourth-order valence-corrected chi connectivity index (χ4v) is 7.61. The number of amides is 1. The molecule has 4 heterocycles. The van der Waals surface area contributed by atoms with E-state index in [0.29, 0.717) is 47.7 Å². The van der Waals surface area contributed by atoms with Gasteiger partial charge in [-0.1, -0.05) is 18.2 Å². The van der Waals surface area contributed by atoms with Crippen molar-refractivity contribution in [2.24, 2.45) is 0 Å². The molecule has 0 fully saturated rings. The Labute approximate surface area is 210 Å². The lowest BCUT2D eigenvalue weighted by atomic mass is 9.96. The molecule has 2 aromatic carbocycles. The number of nitrogen functional groups attached to an aromatic ring is 1.